The molecule has 102 valence electrons. The molecule has 2 aromatic rings. The van der Waals surface area contributed by atoms with Gasteiger partial charge in [0.2, 0.25) is 0 Å². The van der Waals surface area contributed by atoms with Crippen LogP contribution < -0.4 is 5.32 Å². The lowest BCUT2D eigenvalue weighted by Crippen LogP contribution is -2.16. The summed E-state index contributed by atoms with van der Waals surface area (Å²) in [5.74, 6) is 1.93. The molecule has 0 atom stereocenters. The van der Waals surface area contributed by atoms with Gasteiger partial charge in [0.1, 0.15) is 17.8 Å². The van der Waals surface area contributed by atoms with E-state index < -0.39 is 0 Å². The summed E-state index contributed by atoms with van der Waals surface area (Å²) in [6.07, 6.45) is 7.73. The molecule has 6 nitrogen and oxygen atoms in total. The molecule has 0 spiro atoms. The van der Waals surface area contributed by atoms with Crippen molar-refractivity contribution < 1.29 is 9.32 Å². The zero-order chi connectivity index (χ0) is 13.5. The van der Waals surface area contributed by atoms with Crippen molar-refractivity contribution in [3.63, 3.8) is 0 Å². The van der Waals surface area contributed by atoms with Crippen LogP contribution in [0.1, 0.15) is 59.4 Å². The molecule has 1 amide bonds. The van der Waals surface area contributed by atoms with Gasteiger partial charge in [0.25, 0.3) is 5.91 Å². The van der Waals surface area contributed by atoms with Crippen LogP contribution in [0.15, 0.2) is 23.0 Å². The highest BCUT2D eigenvalue weighted by Gasteiger charge is 2.30. The lowest BCUT2D eigenvalue weighted by molar-refractivity contribution is 0.102. The molecule has 2 aliphatic carbocycles. The second-order valence-corrected chi connectivity index (χ2v) is 5.42. The highest BCUT2D eigenvalue weighted by Crippen LogP contribution is 2.43. The maximum Gasteiger partial charge on any atom is 0.275 e. The average molecular weight is 270 g/mol. The molecule has 2 heterocycles. The van der Waals surface area contributed by atoms with E-state index in [9.17, 15) is 4.79 Å². The normalized spacial score (nSPS) is 18.0. The van der Waals surface area contributed by atoms with Gasteiger partial charge in [-0.2, -0.15) is 0 Å². The molecular weight excluding hydrogens is 256 g/mol. The van der Waals surface area contributed by atoms with E-state index in [0.717, 1.165) is 37.1 Å². The first-order valence-corrected chi connectivity index (χ1v) is 6.90. The first-order valence-electron chi connectivity index (χ1n) is 6.90. The van der Waals surface area contributed by atoms with Crippen LogP contribution in [0, 0.1) is 0 Å². The van der Waals surface area contributed by atoms with E-state index in [1.807, 2.05) is 0 Å². The fraction of sp³-hybridized carbons (Fsp3) is 0.429. The molecule has 1 N–H and O–H groups in total. The molecule has 2 saturated carbocycles. The molecule has 2 aromatic heterocycles. The van der Waals surface area contributed by atoms with E-state index in [-0.39, 0.29) is 5.91 Å². The molecule has 4 rings (SSSR count). The quantitative estimate of drug-likeness (QED) is 0.923. The topological polar surface area (TPSA) is 80.9 Å². The summed E-state index contributed by atoms with van der Waals surface area (Å²) in [5, 5.41) is 6.64. The van der Waals surface area contributed by atoms with Crippen molar-refractivity contribution in [1.82, 2.24) is 15.1 Å². The van der Waals surface area contributed by atoms with E-state index in [4.69, 9.17) is 4.52 Å². The minimum Gasteiger partial charge on any atom is -0.362 e. The van der Waals surface area contributed by atoms with Crippen LogP contribution in [0.25, 0.3) is 0 Å². The summed E-state index contributed by atoms with van der Waals surface area (Å²) >= 11 is 0. The largest absolute Gasteiger partial charge is 0.362 e. The fourth-order valence-electron chi connectivity index (χ4n) is 2.23. The van der Waals surface area contributed by atoms with Crippen LogP contribution >= 0.6 is 0 Å². The molecule has 0 saturated heterocycles. The van der Waals surface area contributed by atoms with E-state index in [1.165, 1.54) is 0 Å². The van der Waals surface area contributed by atoms with E-state index >= 15 is 0 Å². The second-order valence-electron chi connectivity index (χ2n) is 5.42. The molecular formula is C14H14N4O2. The summed E-state index contributed by atoms with van der Waals surface area (Å²) < 4.78 is 4.96. The van der Waals surface area contributed by atoms with Crippen LogP contribution in [0.4, 0.5) is 5.82 Å². The van der Waals surface area contributed by atoms with Crippen molar-refractivity contribution in [2.45, 2.75) is 37.5 Å². The SMILES string of the molecule is O=C(Nc1nocc1C1CC1)c1ccnc(C2CC2)n1. The number of nitrogens with one attached hydrogen (secondary N) is 1. The number of hydrogen-bond acceptors (Lipinski definition) is 5. The summed E-state index contributed by atoms with van der Waals surface area (Å²) in [4.78, 5) is 20.8. The van der Waals surface area contributed by atoms with Crippen molar-refractivity contribution >= 4 is 11.7 Å². The lowest BCUT2D eigenvalue weighted by Gasteiger charge is -2.04. The number of carbonyl (C=O) groups excluding carboxylic acids is 1. The third-order valence-electron chi connectivity index (χ3n) is 3.70. The molecule has 0 unspecified atom stereocenters. The number of amides is 1. The summed E-state index contributed by atoms with van der Waals surface area (Å²) in [6, 6.07) is 1.62. The van der Waals surface area contributed by atoms with Crippen molar-refractivity contribution in [2.24, 2.45) is 0 Å². The molecule has 0 aromatic carbocycles. The Morgan fingerprint density at radius 1 is 1.25 bits per heavy atom. The number of hydrogen-bond donors (Lipinski definition) is 1. The molecule has 0 aliphatic heterocycles. The van der Waals surface area contributed by atoms with Crippen LogP contribution in [0.5, 0.6) is 0 Å². The Hall–Kier alpha value is -2.24. The van der Waals surface area contributed by atoms with Crippen molar-refractivity contribution in [2.75, 3.05) is 5.32 Å². The fourth-order valence-corrected chi connectivity index (χ4v) is 2.23. The first kappa shape index (κ1) is 11.6. The number of nitrogens with zero attached hydrogens (tertiary/aromatic N) is 3. The van der Waals surface area contributed by atoms with Gasteiger partial charge >= 0.3 is 0 Å². The maximum absolute atomic E-state index is 12.2. The summed E-state index contributed by atoms with van der Waals surface area (Å²) in [7, 11) is 0. The highest BCUT2D eigenvalue weighted by molar-refractivity contribution is 6.02. The van der Waals surface area contributed by atoms with Gasteiger partial charge in [0, 0.05) is 17.7 Å². The number of aromatic nitrogens is 3. The number of carbonyl (C=O) groups is 1. The molecule has 0 bridgehead atoms. The lowest BCUT2D eigenvalue weighted by atomic mass is 10.2. The first-order chi connectivity index (χ1) is 9.81. The Kier molecular flexibility index (Phi) is 2.55. The van der Waals surface area contributed by atoms with Crippen LogP contribution in [0.2, 0.25) is 0 Å². The molecule has 20 heavy (non-hydrogen) atoms. The predicted molar refractivity (Wildman–Crippen MR) is 70.4 cm³/mol. The Labute approximate surface area is 115 Å². The second kappa shape index (κ2) is 4.40. The molecule has 0 radical (unpaired) electrons. The molecule has 2 aliphatic rings. The van der Waals surface area contributed by atoms with Crippen molar-refractivity contribution in [3.05, 3.63) is 35.6 Å². The standard InChI is InChI=1S/C14H14N4O2/c19-14(11-5-6-15-12(16-11)9-3-4-9)17-13-10(7-20-18-13)8-1-2-8/h5-9H,1-4H2,(H,17,18,19). The monoisotopic (exact) mass is 270 g/mol. The minimum absolute atomic E-state index is 0.259. The highest BCUT2D eigenvalue weighted by atomic mass is 16.5. The summed E-state index contributed by atoms with van der Waals surface area (Å²) in [6.45, 7) is 0. The van der Waals surface area contributed by atoms with E-state index in [1.54, 1.807) is 18.5 Å². The van der Waals surface area contributed by atoms with Gasteiger partial charge in [-0.3, -0.25) is 4.79 Å². The smallest absolute Gasteiger partial charge is 0.275 e. The van der Waals surface area contributed by atoms with Gasteiger partial charge in [-0.25, -0.2) is 9.97 Å². The Bertz CT molecular complexity index is 659. The van der Waals surface area contributed by atoms with Gasteiger partial charge < -0.3 is 9.84 Å². The Morgan fingerprint density at radius 3 is 2.80 bits per heavy atom. The van der Waals surface area contributed by atoms with Crippen LogP contribution in [-0.4, -0.2) is 21.0 Å². The van der Waals surface area contributed by atoms with Gasteiger partial charge in [-0.1, -0.05) is 5.16 Å². The van der Waals surface area contributed by atoms with E-state index in [2.05, 4.69) is 20.4 Å². The zero-order valence-corrected chi connectivity index (χ0v) is 10.9. The Balaban J connectivity index is 1.54. The van der Waals surface area contributed by atoms with E-state index in [0.29, 0.717) is 23.3 Å². The zero-order valence-electron chi connectivity index (χ0n) is 10.9. The van der Waals surface area contributed by atoms with Crippen LogP contribution in [-0.2, 0) is 0 Å². The third kappa shape index (κ3) is 2.17. The summed E-state index contributed by atoms with van der Waals surface area (Å²) in [5.41, 5.74) is 1.36. The number of anilines is 1. The maximum atomic E-state index is 12.2. The van der Waals surface area contributed by atoms with Gasteiger partial charge in [-0.15, -0.1) is 0 Å². The third-order valence-corrected chi connectivity index (χ3v) is 3.70. The average Bonchev–Trinajstić information content (AvgIpc) is 3.38. The predicted octanol–water partition coefficient (Wildman–Crippen LogP) is 2.47. The van der Waals surface area contributed by atoms with Gasteiger partial charge in [0.05, 0.1) is 0 Å². The Morgan fingerprint density at radius 2 is 2.05 bits per heavy atom. The van der Waals surface area contributed by atoms with Crippen molar-refractivity contribution in [1.29, 1.82) is 0 Å². The van der Waals surface area contributed by atoms with Crippen LogP contribution in [0.3, 0.4) is 0 Å². The minimum atomic E-state index is -0.259. The van der Waals surface area contributed by atoms with Crippen molar-refractivity contribution in [3.8, 4) is 0 Å². The molecule has 6 heteroatoms. The molecule has 2 fully saturated rings. The van der Waals surface area contributed by atoms with Gasteiger partial charge in [0.15, 0.2) is 5.82 Å². The number of rotatable bonds is 4. The van der Waals surface area contributed by atoms with Gasteiger partial charge in [-0.05, 0) is 37.7 Å².